The van der Waals surface area contributed by atoms with Crippen LogP contribution in [0, 0.1) is 0 Å². The number of hydrogen-bond donors (Lipinski definition) is 0. The van der Waals surface area contributed by atoms with Crippen LogP contribution in [0.25, 0.3) is 10.8 Å². The number of nitrogens with zero attached hydrogens (tertiary/aromatic N) is 3. The van der Waals surface area contributed by atoms with E-state index in [9.17, 15) is 4.79 Å². The summed E-state index contributed by atoms with van der Waals surface area (Å²) in [7, 11) is 0. The predicted molar refractivity (Wildman–Crippen MR) is 100 cm³/mol. The van der Waals surface area contributed by atoms with Crippen LogP contribution in [0.1, 0.15) is 44.1 Å². The van der Waals surface area contributed by atoms with Gasteiger partial charge in [0.2, 0.25) is 5.91 Å². The van der Waals surface area contributed by atoms with Crippen molar-refractivity contribution in [2.24, 2.45) is 0 Å². The van der Waals surface area contributed by atoms with Gasteiger partial charge in [-0.2, -0.15) is 0 Å². The third-order valence-corrected chi connectivity index (χ3v) is 5.80. The lowest BCUT2D eigenvalue weighted by molar-refractivity contribution is -0.127. The molecule has 2 aliphatic rings. The zero-order chi connectivity index (χ0) is 17.1. The maximum absolute atomic E-state index is 11.9. The summed E-state index contributed by atoms with van der Waals surface area (Å²) >= 11 is 0. The number of amides is 1. The van der Waals surface area contributed by atoms with E-state index in [4.69, 9.17) is 0 Å². The fourth-order valence-corrected chi connectivity index (χ4v) is 4.39. The van der Waals surface area contributed by atoms with E-state index in [1.165, 1.54) is 42.1 Å². The van der Waals surface area contributed by atoms with Gasteiger partial charge in [0.25, 0.3) is 0 Å². The highest BCUT2D eigenvalue weighted by Gasteiger charge is 2.26. The fraction of sp³-hybridized carbons (Fsp3) is 0.524. The molecule has 0 bridgehead atoms. The molecular weight excluding hydrogens is 310 g/mol. The molecule has 4 heteroatoms. The van der Waals surface area contributed by atoms with Crippen molar-refractivity contribution in [1.82, 2.24) is 14.8 Å². The Labute approximate surface area is 149 Å². The number of carbonyl (C=O) groups excluding carboxylic acids is 1. The Hall–Kier alpha value is -1.94. The summed E-state index contributed by atoms with van der Waals surface area (Å²) in [6, 6.07) is 9.25. The van der Waals surface area contributed by atoms with Gasteiger partial charge in [-0.1, -0.05) is 24.6 Å². The topological polar surface area (TPSA) is 36.4 Å². The maximum atomic E-state index is 11.9. The molecule has 2 fully saturated rings. The SMILES string of the molecule is O=C1CCCN1CC[C@@H]1CCCCN1Cc1cccc2cnccc12. The smallest absolute Gasteiger partial charge is 0.222 e. The van der Waals surface area contributed by atoms with Crippen molar-refractivity contribution in [2.75, 3.05) is 19.6 Å². The van der Waals surface area contributed by atoms with E-state index in [0.717, 1.165) is 38.9 Å². The second kappa shape index (κ2) is 7.52. The second-order valence-electron chi connectivity index (χ2n) is 7.41. The first-order valence-electron chi connectivity index (χ1n) is 9.65. The van der Waals surface area contributed by atoms with Gasteiger partial charge in [-0.25, -0.2) is 0 Å². The largest absolute Gasteiger partial charge is 0.343 e. The van der Waals surface area contributed by atoms with Crippen molar-refractivity contribution in [1.29, 1.82) is 0 Å². The molecule has 4 nitrogen and oxygen atoms in total. The first-order valence-corrected chi connectivity index (χ1v) is 9.65. The normalized spacial score (nSPS) is 22.0. The van der Waals surface area contributed by atoms with Gasteiger partial charge >= 0.3 is 0 Å². The number of fused-ring (bicyclic) bond motifs is 1. The lowest BCUT2D eigenvalue weighted by Crippen LogP contribution is -2.41. The van der Waals surface area contributed by atoms with Crippen molar-refractivity contribution >= 4 is 16.7 Å². The minimum atomic E-state index is 0.351. The molecule has 1 aromatic heterocycles. The Morgan fingerprint density at radius 3 is 2.96 bits per heavy atom. The lowest BCUT2D eigenvalue weighted by atomic mass is 9.97. The number of rotatable bonds is 5. The molecule has 2 aromatic rings. The van der Waals surface area contributed by atoms with Gasteiger partial charge < -0.3 is 4.90 Å². The van der Waals surface area contributed by atoms with Gasteiger partial charge in [0.05, 0.1) is 0 Å². The molecule has 0 saturated carbocycles. The van der Waals surface area contributed by atoms with Gasteiger partial charge in [-0.3, -0.25) is 14.7 Å². The summed E-state index contributed by atoms with van der Waals surface area (Å²) in [5, 5.41) is 2.53. The van der Waals surface area contributed by atoms with Crippen molar-refractivity contribution in [3.8, 4) is 0 Å². The molecule has 2 aliphatic heterocycles. The number of hydrogen-bond acceptors (Lipinski definition) is 3. The van der Waals surface area contributed by atoms with Gasteiger partial charge in [0, 0.05) is 49.9 Å². The Morgan fingerprint density at radius 2 is 2.08 bits per heavy atom. The molecule has 1 atom stereocenters. The summed E-state index contributed by atoms with van der Waals surface area (Å²) in [6.45, 7) is 4.06. The molecule has 1 aromatic carbocycles. The van der Waals surface area contributed by atoms with Crippen LogP contribution in [0.3, 0.4) is 0 Å². The number of aromatic nitrogens is 1. The molecule has 3 heterocycles. The highest BCUT2D eigenvalue weighted by molar-refractivity contribution is 5.84. The molecule has 0 spiro atoms. The minimum Gasteiger partial charge on any atom is -0.343 e. The second-order valence-corrected chi connectivity index (χ2v) is 7.41. The number of likely N-dealkylation sites (tertiary alicyclic amines) is 2. The van der Waals surface area contributed by atoms with Gasteiger partial charge in [-0.15, -0.1) is 0 Å². The number of pyridine rings is 1. The summed E-state index contributed by atoms with van der Waals surface area (Å²) < 4.78 is 0. The molecule has 0 radical (unpaired) electrons. The standard InChI is InChI=1S/C21H27N3O/c25-21-8-4-13-23(21)14-10-19-7-1-2-12-24(19)16-18-6-3-5-17-15-22-11-9-20(17)18/h3,5-6,9,11,15,19H,1-2,4,7-8,10,12-14,16H2/t19-/m0/s1. The highest BCUT2D eigenvalue weighted by Crippen LogP contribution is 2.26. The summed E-state index contributed by atoms with van der Waals surface area (Å²) in [6.07, 6.45) is 10.6. The first-order chi connectivity index (χ1) is 12.3. The van der Waals surface area contributed by atoms with Crippen molar-refractivity contribution in [3.63, 3.8) is 0 Å². The Balaban J connectivity index is 1.46. The van der Waals surface area contributed by atoms with E-state index in [1.54, 1.807) is 0 Å². The van der Waals surface area contributed by atoms with Crippen LogP contribution in [-0.4, -0.2) is 46.4 Å². The monoisotopic (exact) mass is 337 g/mol. The van der Waals surface area contributed by atoms with Crippen LogP contribution in [0.5, 0.6) is 0 Å². The fourth-order valence-electron chi connectivity index (χ4n) is 4.39. The molecule has 25 heavy (non-hydrogen) atoms. The average molecular weight is 337 g/mol. The van der Waals surface area contributed by atoms with Crippen LogP contribution >= 0.6 is 0 Å². The minimum absolute atomic E-state index is 0.351. The molecule has 1 amide bonds. The zero-order valence-corrected chi connectivity index (χ0v) is 14.9. The first kappa shape index (κ1) is 16.5. The Kier molecular flexibility index (Phi) is 4.97. The summed E-state index contributed by atoms with van der Waals surface area (Å²) in [5.74, 6) is 0.351. The van der Waals surface area contributed by atoms with Crippen LogP contribution in [0.4, 0.5) is 0 Å². The van der Waals surface area contributed by atoms with Crippen LogP contribution in [0.2, 0.25) is 0 Å². The van der Waals surface area contributed by atoms with E-state index in [-0.39, 0.29) is 0 Å². The molecular formula is C21H27N3O. The van der Waals surface area contributed by atoms with E-state index in [1.807, 2.05) is 12.4 Å². The molecule has 132 valence electrons. The van der Waals surface area contributed by atoms with Crippen molar-refractivity contribution in [3.05, 3.63) is 42.2 Å². The predicted octanol–water partition coefficient (Wildman–Crippen LogP) is 3.60. The molecule has 2 saturated heterocycles. The zero-order valence-electron chi connectivity index (χ0n) is 14.9. The number of piperidine rings is 1. The van der Waals surface area contributed by atoms with Crippen LogP contribution in [0.15, 0.2) is 36.7 Å². The Bertz CT molecular complexity index is 740. The van der Waals surface area contributed by atoms with Crippen LogP contribution < -0.4 is 0 Å². The van der Waals surface area contributed by atoms with E-state index in [0.29, 0.717) is 11.9 Å². The average Bonchev–Trinajstić information content (AvgIpc) is 3.06. The van der Waals surface area contributed by atoms with Crippen LogP contribution in [-0.2, 0) is 11.3 Å². The third kappa shape index (κ3) is 3.69. The maximum Gasteiger partial charge on any atom is 0.222 e. The summed E-state index contributed by atoms with van der Waals surface area (Å²) in [4.78, 5) is 20.8. The van der Waals surface area contributed by atoms with E-state index >= 15 is 0 Å². The van der Waals surface area contributed by atoms with E-state index in [2.05, 4.69) is 39.0 Å². The molecule has 0 aliphatic carbocycles. The van der Waals surface area contributed by atoms with Crippen molar-refractivity contribution < 1.29 is 4.79 Å². The van der Waals surface area contributed by atoms with Crippen molar-refractivity contribution in [2.45, 2.75) is 51.1 Å². The highest BCUT2D eigenvalue weighted by atomic mass is 16.2. The lowest BCUT2D eigenvalue weighted by Gasteiger charge is -2.37. The van der Waals surface area contributed by atoms with Gasteiger partial charge in [0.1, 0.15) is 0 Å². The quantitative estimate of drug-likeness (QED) is 0.836. The third-order valence-electron chi connectivity index (χ3n) is 5.80. The molecule has 0 N–H and O–H groups in total. The number of carbonyl (C=O) groups is 1. The summed E-state index contributed by atoms with van der Waals surface area (Å²) in [5.41, 5.74) is 1.39. The van der Waals surface area contributed by atoms with E-state index < -0.39 is 0 Å². The van der Waals surface area contributed by atoms with Gasteiger partial charge in [-0.05, 0) is 49.2 Å². The molecule has 4 rings (SSSR count). The molecule has 0 unspecified atom stereocenters. The number of benzene rings is 1. The Morgan fingerprint density at radius 1 is 1.12 bits per heavy atom. The van der Waals surface area contributed by atoms with Gasteiger partial charge in [0.15, 0.2) is 0 Å².